The van der Waals surface area contributed by atoms with Gasteiger partial charge in [-0.3, -0.25) is 9.59 Å². The van der Waals surface area contributed by atoms with Gasteiger partial charge in [-0.1, -0.05) is 212 Å². The largest absolute Gasteiger partial charge is 0.462 e. The fourth-order valence-corrected chi connectivity index (χ4v) is 9.63. The lowest BCUT2D eigenvalue weighted by Gasteiger charge is -2.42. The van der Waals surface area contributed by atoms with E-state index in [0.717, 1.165) is 44.9 Å². The molecule has 2 aliphatic rings. The molecule has 0 spiro atoms. The van der Waals surface area contributed by atoms with Gasteiger partial charge in [-0.05, 0) is 38.5 Å². The number of hydrogen-bond acceptors (Lipinski definition) is 15. The molecule has 0 radical (unpaired) electrons. The Morgan fingerprint density at radius 2 is 0.781 bits per heavy atom. The highest BCUT2D eigenvalue weighted by Gasteiger charge is 2.47. The highest BCUT2D eigenvalue weighted by Crippen LogP contribution is 2.27. The molecule has 2 heterocycles. The van der Waals surface area contributed by atoms with E-state index in [4.69, 9.17) is 28.4 Å². The Bertz CT molecular complexity index is 1320. The molecule has 430 valence electrons. The number of rotatable bonds is 48. The van der Waals surface area contributed by atoms with Gasteiger partial charge in [-0.15, -0.1) is 0 Å². The van der Waals surface area contributed by atoms with Crippen molar-refractivity contribution in [3.63, 3.8) is 0 Å². The number of ether oxygens (including phenoxy) is 6. The van der Waals surface area contributed by atoms with Crippen LogP contribution >= 0.6 is 0 Å². The SMILES string of the molecule is CCCCCC/C=C/CCCCCCCCCCCC(=O)O[C@@H](COC(=O)CCCCCCCCCCCCCCCCCCCCCC)CO[C@@H]1O[C@H](CO[C@@H]2O[C@H](CO)[C@H](O)C(O)C2O)[C@H](O)C(O)C1O. The van der Waals surface area contributed by atoms with E-state index in [1.807, 2.05) is 0 Å². The Kier molecular flexibility index (Phi) is 41.8. The molecule has 73 heavy (non-hydrogen) atoms. The number of carbonyl (C=O) groups excluding carboxylic acids is 2. The summed E-state index contributed by atoms with van der Waals surface area (Å²) in [5.74, 6) is -0.911. The average Bonchev–Trinajstić information content (AvgIpc) is 3.38. The van der Waals surface area contributed by atoms with Gasteiger partial charge >= 0.3 is 11.9 Å². The molecule has 15 heteroatoms. The number of esters is 2. The number of unbranched alkanes of at least 4 members (excludes halogenated alkanes) is 32. The Morgan fingerprint density at radius 3 is 1.22 bits per heavy atom. The zero-order valence-corrected chi connectivity index (χ0v) is 45.9. The van der Waals surface area contributed by atoms with E-state index in [0.29, 0.717) is 12.8 Å². The van der Waals surface area contributed by atoms with E-state index in [9.17, 15) is 45.3 Å². The number of carbonyl (C=O) groups is 2. The van der Waals surface area contributed by atoms with Crippen LogP contribution in [0.2, 0.25) is 0 Å². The maximum atomic E-state index is 13.1. The summed E-state index contributed by atoms with van der Waals surface area (Å²) in [6.45, 7) is 2.63. The lowest BCUT2D eigenvalue weighted by molar-refractivity contribution is -0.332. The number of allylic oxidation sites excluding steroid dienone is 2. The second kappa shape index (κ2) is 45.3. The fourth-order valence-electron chi connectivity index (χ4n) is 9.63. The lowest BCUT2D eigenvalue weighted by atomic mass is 9.98. The van der Waals surface area contributed by atoms with E-state index in [1.165, 1.54) is 167 Å². The minimum atomic E-state index is -1.76. The molecule has 4 unspecified atom stereocenters. The zero-order chi connectivity index (χ0) is 53.2. The minimum Gasteiger partial charge on any atom is -0.462 e. The first-order valence-corrected chi connectivity index (χ1v) is 29.8. The van der Waals surface area contributed by atoms with Gasteiger partial charge in [0, 0.05) is 12.8 Å². The molecule has 11 atom stereocenters. The average molecular weight is 1050 g/mol. The van der Waals surface area contributed by atoms with Crippen molar-refractivity contribution in [1.82, 2.24) is 0 Å². The standard InChI is InChI=1S/C58H108O15/c1-3-5-7-9-11-13-15-17-19-21-22-23-25-26-28-30-32-34-36-38-40-49(60)68-43-46(71-50(61)41-39-37-35-33-31-29-27-24-20-18-16-14-12-10-8-6-4-2)44-69-57-56(67)54(65)52(63)48(73-57)45-70-58-55(66)53(64)51(62)47(42-59)72-58/h14,16,46-48,51-59,62-67H,3-13,15,17-45H2,1-2H3/b16-14+/t46-,47+,48+,51-,52-,53?,54?,55?,56?,57+,58+/m0/s1. The van der Waals surface area contributed by atoms with Crippen LogP contribution in [0.1, 0.15) is 251 Å². The Hall–Kier alpha value is -1.76. The molecule has 0 amide bonds. The Balaban J connectivity index is 1.73. The van der Waals surface area contributed by atoms with Gasteiger partial charge in [-0.2, -0.15) is 0 Å². The van der Waals surface area contributed by atoms with Crippen LogP contribution in [0.15, 0.2) is 12.2 Å². The molecule has 0 aromatic rings. The first kappa shape index (κ1) is 67.3. The van der Waals surface area contributed by atoms with Crippen LogP contribution in [0.5, 0.6) is 0 Å². The summed E-state index contributed by atoms with van der Waals surface area (Å²) < 4.78 is 33.7. The highest BCUT2D eigenvalue weighted by molar-refractivity contribution is 5.70. The van der Waals surface area contributed by atoms with Gasteiger partial charge in [0.25, 0.3) is 0 Å². The second-order valence-electron chi connectivity index (χ2n) is 21.2. The topological polar surface area (TPSA) is 231 Å². The monoisotopic (exact) mass is 1040 g/mol. The fraction of sp³-hybridized carbons (Fsp3) is 0.931. The molecule has 2 fully saturated rings. The molecular formula is C58H108O15. The third-order valence-electron chi connectivity index (χ3n) is 14.5. The third kappa shape index (κ3) is 32.6. The van der Waals surface area contributed by atoms with E-state index in [1.54, 1.807) is 0 Å². The molecule has 2 saturated heterocycles. The van der Waals surface area contributed by atoms with Crippen molar-refractivity contribution in [2.75, 3.05) is 26.4 Å². The van der Waals surface area contributed by atoms with Crippen LogP contribution in [0, 0.1) is 0 Å². The van der Waals surface area contributed by atoms with Crippen molar-refractivity contribution in [2.45, 2.75) is 319 Å². The molecule has 0 bridgehead atoms. The minimum absolute atomic E-state index is 0.167. The van der Waals surface area contributed by atoms with Crippen LogP contribution < -0.4 is 0 Å². The van der Waals surface area contributed by atoms with E-state index in [-0.39, 0.29) is 26.1 Å². The predicted octanol–water partition coefficient (Wildman–Crippen LogP) is 10.1. The number of hydrogen-bond donors (Lipinski definition) is 7. The summed E-state index contributed by atoms with van der Waals surface area (Å²) in [6.07, 6.45) is 30.9. The lowest BCUT2D eigenvalue weighted by Crippen LogP contribution is -2.61. The molecule has 7 N–H and O–H groups in total. The van der Waals surface area contributed by atoms with Crippen LogP contribution in [-0.2, 0) is 38.0 Å². The summed E-state index contributed by atoms with van der Waals surface area (Å²) in [5.41, 5.74) is 0. The molecule has 15 nitrogen and oxygen atoms in total. The van der Waals surface area contributed by atoms with Crippen molar-refractivity contribution >= 4 is 11.9 Å². The van der Waals surface area contributed by atoms with Gasteiger partial charge in [0.05, 0.1) is 19.8 Å². The van der Waals surface area contributed by atoms with Crippen LogP contribution in [0.25, 0.3) is 0 Å². The van der Waals surface area contributed by atoms with Gasteiger partial charge in [0.1, 0.15) is 55.4 Å². The van der Waals surface area contributed by atoms with Gasteiger partial charge in [0.2, 0.25) is 0 Å². The number of aliphatic hydroxyl groups is 7. The molecular weight excluding hydrogens is 937 g/mol. The van der Waals surface area contributed by atoms with E-state index >= 15 is 0 Å². The van der Waals surface area contributed by atoms with Crippen molar-refractivity contribution in [3.8, 4) is 0 Å². The second-order valence-corrected chi connectivity index (χ2v) is 21.2. The van der Waals surface area contributed by atoms with Crippen molar-refractivity contribution < 1.29 is 73.8 Å². The zero-order valence-electron chi connectivity index (χ0n) is 45.9. The molecule has 0 aromatic carbocycles. The molecule has 0 saturated carbocycles. The Labute approximate surface area is 441 Å². The smallest absolute Gasteiger partial charge is 0.306 e. The molecule has 2 rings (SSSR count). The third-order valence-corrected chi connectivity index (χ3v) is 14.5. The summed E-state index contributed by atoms with van der Waals surface area (Å²) in [7, 11) is 0. The van der Waals surface area contributed by atoms with Crippen LogP contribution in [0.4, 0.5) is 0 Å². The summed E-state index contributed by atoms with van der Waals surface area (Å²) >= 11 is 0. The van der Waals surface area contributed by atoms with Gasteiger partial charge in [0.15, 0.2) is 18.7 Å². The summed E-state index contributed by atoms with van der Waals surface area (Å²) in [4.78, 5) is 25.9. The Morgan fingerprint density at radius 1 is 0.425 bits per heavy atom. The van der Waals surface area contributed by atoms with Crippen molar-refractivity contribution in [1.29, 1.82) is 0 Å². The molecule has 0 aromatic heterocycles. The van der Waals surface area contributed by atoms with Gasteiger partial charge in [-0.25, -0.2) is 0 Å². The van der Waals surface area contributed by atoms with Gasteiger partial charge < -0.3 is 64.2 Å². The first-order chi connectivity index (χ1) is 35.5. The number of aliphatic hydroxyl groups excluding tert-OH is 7. The maximum Gasteiger partial charge on any atom is 0.306 e. The normalized spacial score (nSPS) is 24.8. The first-order valence-electron chi connectivity index (χ1n) is 29.8. The summed E-state index contributed by atoms with van der Waals surface area (Å²) in [6, 6.07) is 0. The van der Waals surface area contributed by atoms with Crippen molar-refractivity contribution in [3.05, 3.63) is 12.2 Å². The quantitative estimate of drug-likeness (QED) is 0.0171. The highest BCUT2D eigenvalue weighted by atomic mass is 16.7. The van der Waals surface area contributed by atoms with Crippen LogP contribution in [0.3, 0.4) is 0 Å². The molecule has 2 aliphatic heterocycles. The van der Waals surface area contributed by atoms with Crippen LogP contribution in [-0.4, -0.2) is 142 Å². The van der Waals surface area contributed by atoms with E-state index < -0.39 is 92.7 Å². The summed E-state index contributed by atoms with van der Waals surface area (Å²) in [5, 5.41) is 72.3. The van der Waals surface area contributed by atoms with Crippen molar-refractivity contribution in [2.24, 2.45) is 0 Å². The molecule has 0 aliphatic carbocycles. The van der Waals surface area contributed by atoms with E-state index in [2.05, 4.69) is 26.0 Å². The maximum absolute atomic E-state index is 13.1. The predicted molar refractivity (Wildman–Crippen MR) is 285 cm³/mol.